The molecule has 0 aliphatic carbocycles. The molecule has 1 heterocycles. The van der Waals surface area contributed by atoms with Gasteiger partial charge in [-0.05, 0) is 12.8 Å². The van der Waals surface area contributed by atoms with Crippen molar-refractivity contribution in [3.63, 3.8) is 0 Å². The molecule has 1 aliphatic heterocycles. The van der Waals surface area contributed by atoms with Crippen molar-refractivity contribution >= 4 is 30.1 Å². The number of thioether (sulfide) groups is 1. The maximum atomic E-state index is 11.7. The van der Waals surface area contributed by atoms with Crippen LogP contribution in [0.4, 0.5) is 0 Å². The van der Waals surface area contributed by atoms with Crippen molar-refractivity contribution in [2.45, 2.75) is 45.2 Å². The van der Waals surface area contributed by atoms with E-state index < -0.39 is 0 Å². The molecule has 2 unspecified atom stereocenters. The number of amides is 1. The summed E-state index contributed by atoms with van der Waals surface area (Å²) in [6.07, 6.45) is 3.24. The van der Waals surface area contributed by atoms with Crippen LogP contribution in [0.5, 0.6) is 0 Å². The highest BCUT2D eigenvalue weighted by atomic mass is 35.5. The molecule has 0 bridgehead atoms. The second-order valence-corrected chi connectivity index (χ2v) is 4.70. The van der Waals surface area contributed by atoms with Crippen LogP contribution in [0.2, 0.25) is 0 Å². The third kappa shape index (κ3) is 5.09. The number of carbonyl (C=O) groups excluding carboxylic acids is 1. The van der Waals surface area contributed by atoms with E-state index in [1.54, 1.807) is 11.8 Å². The molecule has 15 heavy (non-hydrogen) atoms. The molecule has 1 aliphatic rings. The maximum absolute atomic E-state index is 11.7. The Morgan fingerprint density at radius 1 is 1.60 bits per heavy atom. The largest absolute Gasteiger partial charge is 0.352 e. The average Bonchev–Trinajstić information content (AvgIpc) is 2.69. The Kier molecular flexibility index (Phi) is 8.29. The van der Waals surface area contributed by atoms with Gasteiger partial charge in [-0.1, -0.05) is 20.3 Å². The van der Waals surface area contributed by atoms with Crippen LogP contribution < -0.4 is 10.6 Å². The Bertz CT molecular complexity index is 186. The summed E-state index contributed by atoms with van der Waals surface area (Å²) in [5.41, 5.74) is 0. The summed E-state index contributed by atoms with van der Waals surface area (Å²) in [6, 6.07) is 0.394. The van der Waals surface area contributed by atoms with Gasteiger partial charge in [-0.2, -0.15) is 0 Å². The lowest BCUT2D eigenvalue weighted by Crippen LogP contribution is -2.46. The van der Waals surface area contributed by atoms with Crippen molar-refractivity contribution in [1.29, 1.82) is 0 Å². The summed E-state index contributed by atoms with van der Waals surface area (Å²) in [5.74, 6) is 1.99. The summed E-state index contributed by atoms with van der Waals surface area (Å²) in [4.78, 5) is 11.7. The summed E-state index contributed by atoms with van der Waals surface area (Å²) in [5, 5.41) is 6.27. The van der Waals surface area contributed by atoms with Crippen LogP contribution in [-0.4, -0.2) is 29.6 Å². The quantitative estimate of drug-likeness (QED) is 0.784. The van der Waals surface area contributed by atoms with Gasteiger partial charge in [0.2, 0.25) is 5.91 Å². The first-order chi connectivity index (χ1) is 6.77. The molecule has 0 spiro atoms. The number of rotatable bonds is 5. The highest BCUT2D eigenvalue weighted by Gasteiger charge is 2.23. The van der Waals surface area contributed by atoms with Crippen LogP contribution in [0.25, 0.3) is 0 Å². The van der Waals surface area contributed by atoms with Gasteiger partial charge in [0.1, 0.15) is 0 Å². The second-order valence-electron chi connectivity index (χ2n) is 3.67. The molecule has 90 valence electrons. The molecule has 5 heteroatoms. The standard InChI is InChI=1S/C10H20N2OS.ClH/c1-3-5-8(4-2)12-10(13)9-6-14-7-11-9;/h8-9,11H,3-7H2,1-2H3,(H,12,13);1H. The molecule has 0 radical (unpaired) electrons. The zero-order valence-corrected chi connectivity index (χ0v) is 11.0. The third-order valence-electron chi connectivity index (χ3n) is 2.51. The number of hydrogen-bond acceptors (Lipinski definition) is 3. The molecule has 0 aromatic rings. The van der Waals surface area contributed by atoms with Crippen molar-refractivity contribution in [2.24, 2.45) is 0 Å². The molecule has 1 fully saturated rings. The van der Waals surface area contributed by atoms with E-state index in [0.717, 1.165) is 30.9 Å². The van der Waals surface area contributed by atoms with Crippen LogP contribution in [0.15, 0.2) is 0 Å². The predicted octanol–water partition coefficient (Wildman–Crippen LogP) is 1.77. The van der Waals surface area contributed by atoms with Gasteiger partial charge in [0.05, 0.1) is 6.04 Å². The molecule has 0 saturated carbocycles. The first-order valence-corrected chi connectivity index (χ1v) is 6.54. The van der Waals surface area contributed by atoms with E-state index in [9.17, 15) is 4.79 Å². The van der Waals surface area contributed by atoms with Crippen LogP contribution >= 0.6 is 24.2 Å². The van der Waals surface area contributed by atoms with Crippen LogP contribution in [-0.2, 0) is 4.79 Å². The van der Waals surface area contributed by atoms with E-state index in [-0.39, 0.29) is 24.4 Å². The molecular formula is C10H21ClN2OS. The lowest BCUT2D eigenvalue weighted by Gasteiger charge is -2.18. The summed E-state index contributed by atoms with van der Waals surface area (Å²) in [6.45, 7) is 4.27. The minimum absolute atomic E-state index is 0. The van der Waals surface area contributed by atoms with Gasteiger partial charge in [-0.25, -0.2) is 0 Å². The van der Waals surface area contributed by atoms with Crippen molar-refractivity contribution in [3.05, 3.63) is 0 Å². The van der Waals surface area contributed by atoms with Crippen LogP contribution in [0, 0.1) is 0 Å². The number of nitrogens with one attached hydrogen (secondary N) is 2. The van der Waals surface area contributed by atoms with Gasteiger partial charge in [-0.3, -0.25) is 10.1 Å². The van der Waals surface area contributed by atoms with Crippen molar-refractivity contribution in [3.8, 4) is 0 Å². The Balaban J connectivity index is 0.00000196. The minimum Gasteiger partial charge on any atom is -0.352 e. The van der Waals surface area contributed by atoms with Crippen molar-refractivity contribution in [2.75, 3.05) is 11.6 Å². The van der Waals surface area contributed by atoms with E-state index in [1.807, 2.05) is 0 Å². The fourth-order valence-electron chi connectivity index (χ4n) is 1.59. The molecule has 1 amide bonds. The topological polar surface area (TPSA) is 41.1 Å². The van der Waals surface area contributed by atoms with E-state index in [2.05, 4.69) is 24.5 Å². The molecule has 3 nitrogen and oxygen atoms in total. The van der Waals surface area contributed by atoms with Crippen LogP contribution in [0.1, 0.15) is 33.1 Å². The smallest absolute Gasteiger partial charge is 0.238 e. The van der Waals surface area contributed by atoms with Gasteiger partial charge in [-0.15, -0.1) is 24.2 Å². The first kappa shape index (κ1) is 15.1. The fourth-order valence-corrected chi connectivity index (χ4v) is 2.53. The Morgan fingerprint density at radius 3 is 2.80 bits per heavy atom. The Morgan fingerprint density at radius 2 is 2.33 bits per heavy atom. The molecule has 2 N–H and O–H groups in total. The van der Waals surface area contributed by atoms with E-state index in [4.69, 9.17) is 0 Å². The number of carbonyl (C=O) groups is 1. The number of halogens is 1. The van der Waals surface area contributed by atoms with E-state index in [0.29, 0.717) is 6.04 Å². The predicted molar refractivity (Wildman–Crippen MR) is 68.6 cm³/mol. The molecule has 1 saturated heterocycles. The van der Waals surface area contributed by atoms with E-state index >= 15 is 0 Å². The molecule has 0 aromatic carbocycles. The minimum atomic E-state index is 0. The highest BCUT2D eigenvalue weighted by Crippen LogP contribution is 2.10. The molecule has 1 rings (SSSR count). The average molecular weight is 253 g/mol. The summed E-state index contributed by atoms with van der Waals surface area (Å²) < 4.78 is 0. The van der Waals surface area contributed by atoms with Crippen molar-refractivity contribution < 1.29 is 4.79 Å². The zero-order valence-electron chi connectivity index (χ0n) is 9.41. The highest BCUT2D eigenvalue weighted by molar-refractivity contribution is 7.99. The lowest BCUT2D eigenvalue weighted by molar-refractivity contribution is -0.123. The third-order valence-corrected chi connectivity index (χ3v) is 3.45. The Labute approximate surface area is 103 Å². The van der Waals surface area contributed by atoms with Gasteiger partial charge in [0, 0.05) is 17.7 Å². The molecular weight excluding hydrogens is 232 g/mol. The Hall–Kier alpha value is 0.0700. The maximum Gasteiger partial charge on any atom is 0.238 e. The second kappa shape index (κ2) is 8.25. The summed E-state index contributed by atoms with van der Waals surface area (Å²) >= 11 is 1.79. The monoisotopic (exact) mass is 252 g/mol. The first-order valence-electron chi connectivity index (χ1n) is 5.39. The molecule has 2 atom stereocenters. The van der Waals surface area contributed by atoms with Gasteiger partial charge < -0.3 is 5.32 Å². The number of hydrogen-bond donors (Lipinski definition) is 2. The molecule has 0 aromatic heterocycles. The normalized spacial score (nSPS) is 21.9. The van der Waals surface area contributed by atoms with Crippen LogP contribution in [0.3, 0.4) is 0 Å². The van der Waals surface area contributed by atoms with Crippen molar-refractivity contribution in [1.82, 2.24) is 10.6 Å². The van der Waals surface area contributed by atoms with E-state index in [1.165, 1.54) is 0 Å². The van der Waals surface area contributed by atoms with Gasteiger partial charge >= 0.3 is 0 Å². The summed E-state index contributed by atoms with van der Waals surface area (Å²) in [7, 11) is 0. The fraction of sp³-hybridized carbons (Fsp3) is 0.900. The zero-order chi connectivity index (χ0) is 10.4. The van der Waals surface area contributed by atoms with Gasteiger partial charge in [0.25, 0.3) is 0 Å². The van der Waals surface area contributed by atoms with Gasteiger partial charge in [0.15, 0.2) is 0 Å². The lowest BCUT2D eigenvalue weighted by atomic mass is 10.1. The SMILES string of the molecule is CCCC(CC)NC(=O)C1CSCN1.Cl.